The molecule has 0 saturated carbocycles. The zero-order chi connectivity index (χ0) is 19.6. The van der Waals surface area contributed by atoms with Crippen molar-refractivity contribution in [3.05, 3.63) is 0 Å². The van der Waals surface area contributed by atoms with Gasteiger partial charge in [0, 0.05) is 33.7 Å². The summed E-state index contributed by atoms with van der Waals surface area (Å²) in [6, 6.07) is -0.609. The second-order valence-electron chi connectivity index (χ2n) is 5.73. The van der Waals surface area contributed by atoms with Crippen LogP contribution in [0.5, 0.6) is 0 Å². The third-order valence-corrected chi connectivity index (χ3v) is 3.81. The summed E-state index contributed by atoms with van der Waals surface area (Å²) < 4.78 is 15.9. The zero-order valence-corrected chi connectivity index (χ0v) is 15.5. The largest absolute Gasteiger partial charge is 0.463 e. The Balaban J connectivity index is 0.00000101. The number of rotatable bonds is 5. The van der Waals surface area contributed by atoms with Gasteiger partial charge in [-0.3, -0.25) is 14.4 Å². The number of amides is 1. The topological polar surface area (TPSA) is 137 Å². The van der Waals surface area contributed by atoms with Crippen LogP contribution >= 0.6 is 0 Å². The number of esters is 2. The molecule has 0 aromatic carbocycles. The summed E-state index contributed by atoms with van der Waals surface area (Å²) in [5.41, 5.74) is 6.00. The van der Waals surface area contributed by atoms with Gasteiger partial charge in [0.25, 0.3) is 0 Å². The third-order valence-electron chi connectivity index (χ3n) is 3.81. The molecule has 0 bridgehead atoms. The van der Waals surface area contributed by atoms with E-state index in [0.29, 0.717) is 6.42 Å². The Kier molecular flexibility index (Phi) is 11.0. The first-order valence-electron chi connectivity index (χ1n) is 8.18. The van der Waals surface area contributed by atoms with Gasteiger partial charge in [-0.2, -0.15) is 0 Å². The SMILES string of the molecule is CC[C@@H]1C(COC(C)=O)O[C@@H](CO)C(N)C1OC(C)=O.CNC(C)=O. The van der Waals surface area contributed by atoms with Crippen molar-refractivity contribution in [3.63, 3.8) is 0 Å². The van der Waals surface area contributed by atoms with Crippen molar-refractivity contribution < 1.29 is 33.7 Å². The first kappa shape index (κ1) is 23.3. The van der Waals surface area contributed by atoms with Gasteiger partial charge in [0.15, 0.2) is 0 Å². The van der Waals surface area contributed by atoms with Crippen LogP contribution < -0.4 is 11.1 Å². The Labute approximate surface area is 148 Å². The van der Waals surface area contributed by atoms with E-state index in [1.54, 1.807) is 7.05 Å². The van der Waals surface area contributed by atoms with Crippen molar-refractivity contribution in [1.82, 2.24) is 5.32 Å². The number of nitrogens with one attached hydrogen (secondary N) is 1. The van der Waals surface area contributed by atoms with Gasteiger partial charge < -0.3 is 30.4 Å². The van der Waals surface area contributed by atoms with Crippen molar-refractivity contribution in [1.29, 1.82) is 0 Å². The van der Waals surface area contributed by atoms with E-state index in [9.17, 15) is 19.5 Å². The predicted molar refractivity (Wildman–Crippen MR) is 89.4 cm³/mol. The Morgan fingerprint density at radius 3 is 2.08 bits per heavy atom. The van der Waals surface area contributed by atoms with Gasteiger partial charge in [-0.05, 0) is 6.42 Å². The first-order chi connectivity index (χ1) is 11.7. The minimum absolute atomic E-state index is 0.00463. The monoisotopic (exact) mass is 362 g/mol. The maximum Gasteiger partial charge on any atom is 0.302 e. The summed E-state index contributed by atoms with van der Waals surface area (Å²) in [4.78, 5) is 31.8. The molecule has 146 valence electrons. The van der Waals surface area contributed by atoms with E-state index in [-0.39, 0.29) is 25.0 Å². The molecule has 0 aromatic heterocycles. The quantitative estimate of drug-likeness (QED) is 0.549. The van der Waals surface area contributed by atoms with Crippen molar-refractivity contribution in [3.8, 4) is 0 Å². The summed E-state index contributed by atoms with van der Waals surface area (Å²) in [6.45, 7) is 5.77. The fourth-order valence-electron chi connectivity index (χ4n) is 2.50. The normalized spacial score (nSPS) is 28.2. The second kappa shape index (κ2) is 11.8. The highest BCUT2D eigenvalue weighted by atomic mass is 16.6. The van der Waals surface area contributed by atoms with Crippen LogP contribution in [-0.4, -0.2) is 67.6 Å². The fourth-order valence-corrected chi connectivity index (χ4v) is 2.50. The third kappa shape index (κ3) is 8.28. The molecule has 1 rings (SSSR count). The van der Waals surface area contributed by atoms with Crippen LogP contribution in [0.15, 0.2) is 0 Å². The summed E-state index contributed by atoms with van der Waals surface area (Å²) in [5, 5.41) is 11.7. The molecule has 1 fully saturated rings. The highest BCUT2D eigenvalue weighted by Gasteiger charge is 2.45. The van der Waals surface area contributed by atoms with Crippen molar-refractivity contribution in [2.75, 3.05) is 20.3 Å². The fraction of sp³-hybridized carbons (Fsp3) is 0.812. The summed E-state index contributed by atoms with van der Waals surface area (Å²) in [7, 11) is 1.60. The van der Waals surface area contributed by atoms with Crippen LogP contribution in [0, 0.1) is 5.92 Å². The lowest BCUT2D eigenvalue weighted by molar-refractivity contribution is -0.197. The molecule has 9 nitrogen and oxygen atoms in total. The van der Waals surface area contributed by atoms with Gasteiger partial charge in [0.1, 0.15) is 12.7 Å². The summed E-state index contributed by atoms with van der Waals surface area (Å²) >= 11 is 0. The van der Waals surface area contributed by atoms with E-state index >= 15 is 0 Å². The number of carbonyl (C=O) groups is 3. The molecule has 1 amide bonds. The van der Waals surface area contributed by atoms with Crippen molar-refractivity contribution in [2.24, 2.45) is 11.7 Å². The highest BCUT2D eigenvalue weighted by molar-refractivity contribution is 5.72. The first-order valence-corrected chi connectivity index (χ1v) is 8.18. The number of hydrogen-bond acceptors (Lipinski definition) is 8. The second-order valence-corrected chi connectivity index (χ2v) is 5.73. The Hall–Kier alpha value is -1.71. The average Bonchev–Trinajstić information content (AvgIpc) is 2.55. The molecular formula is C16H30N2O7. The van der Waals surface area contributed by atoms with E-state index in [1.807, 2.05) is 6.92 Å². The van der Waals surface area contributed by atoms with E-state index in [4.69, 9.17) is 19.9 Å². The molecule has 0 aliphatic carbocycles. The molecule has 1 heterocycles. The van der Waals surface area contributed by atoms with Crippen molar-refractivity contribution in [2.45, 2.75) is 58.5 Å². The lowest BCUT2D eigenvalue weighted by atomic mass is 9.84. The van der Waals surface area contributed by atoms with E-state index < -0.39 is 36.3 Å². The molecule has 0 radical (unpaired) electrons. The molecular weight excluding hydrogens is 332 g/mol. The minimum Gasteiger partial charge on any atom is -0.463 e. The molecule has 3 unspecified atom stereocenters. The highest BCUT2D eigenvalue weighted by Crippen LogP contribution is 2.30. The molecule has 1 aliphatic rings. The number of hydrogen-bond donors (Lipinski definition) is 3. The lowest BCUT2D eigenvalue weighted by Crippen LogP contribution is -2.61. The van der Waals surface area contributed by atoms with Gasteiger partial charge >= 0.3 is 11.9 Å². The summed E-state index contributed by atoms with van der Waals surface area (Å²) in [5.74, 6) is -1.03. The van der Waals surface area contributed by atoms with Crippen molar-refractivity contribution >= 4 is 17.8 Å². The molecule has 0 aromatic rings. The maximum absolute atomic E-state index is 11.2. The Bertz CT molecular complexity index is 444. The Morgan fingerprint density at radius 1 is 1.16 bits per heavy atom. The van der Waals surface area contributed by atoms with Gasteiger partial charge in [0.2, 0.25) is 5.91 Å². The summed E-state index contributed by atoms with van der Waals surface area (Å²) in [6.07, 6.45) is -1.02. The number of nitrogens with two attached hydrogens (primary N) is 1. The number of aliphatic hydroxyl groups excluding tert-OH is 1. The standard InChI is InChI=1S/C13H23NO6.C3H7NO/c1-4-9-11(6-18-7(2)16)20-10(5-15)12(14)13(9)19-8(3)17;1-3(5)4-2/h9-13,15H,4-6,14H2,1-3H3;1-2H3,(H,4,5)/t9-,10+,11?,12?,13?;/m1./s1. The van der Waals surface area contributed by atoms with E-state index in [2.05, 4.69) is 5.32 Å². The molecule has 5 atom stereocenters. The van der Waals surface area contributed by atoms with Gasteiger partial charge in [-0.1, -0.05) is 6.92 Å². The van der Waals surface area contributed by atoms with Gasteiger partial charge in [-0.15, -0.1) is 0 Å². The van der Waals surface area contributed by atoms with Crippen LogP contribution in [-0.2, 0) is 28.6 Å². The van der Waals surface area contributed by atoms with Crippen LogP contribution in [0.25, 0.3) is 0 Å². The lowest BCUT2D eigenvalue weighted by Gasteiger charge is -2.44. The smallest absolute Gasteiger partial charge is 0.302 e. The van der Waals surface area contributed by atoms with E-state index in [1.165, 1.54) is 20.8 Å². The van der Waals surface area contributed by atoms with Crippen LogP contribution in [0.1, 0.15) is 34.1 Å². The van der Waals surface area contributed by atoms with Crippen LogP contribution in [0.4, 0.5) is 0 Å². The zero-order valence-electron chi connectivity index (χ0n) is 15.5. The van der Waals surface area contributed by atoms with Gasteiger partial charge in [0.05, 0.1) is 24.9 Å². The van der Waals surface area contributed by atoms with Crippen LogP contribution in [0.3, 0.4) is 0 Å². The number of aliphatic hydroxyl groups is 1. The molecule has 1 saturated heterocycles. The minimum atomic E-state index is -0.650. The molecule has 4 N–H and O–H groups in total. The van der Waals surface area contributed by atoms with Gasteiger partial charge in [-0.25, -0.2) is 0 Å². The van der Waals surface area contributed by atoms with Crippen LogP contribution in [0.2, 0.25) is 0 Å². The molecule has 25 heavy (non-hydrogen) atoms. The average molecular weight is 362 g/mol. The number of ether oxygens (including phenoxy) is 3. The molecule has 0 spiro atoms. The number of carbonyl (C=O) groups excluding carboxylic acids is 3. The molecule has 1 aliphatic heterocycles. The maximum atomic E-state index is 11.2. The van der Waals surface area contributed by atoms with E-state index in [0.717, 1.165) is 0 Å². The molecule has 9 heteroatoms. The Morgan fingerprint density at radius 2 is 1.72 bits per heavy atom. The predicted octanol–water partition coefficient (Wildman–Crippen LogP) is -0.653.